The molecule has 2 heterocycles. The van der Waals surface area contributed by atoms with E-state index >= 15 is 0 Å². The van der Waals surface area contributed by atoms with Gasteiger partial charge < -0.3 is 15.5 Å². The Labute approximate surface area is 202 Å². The van der Waals surface area contributed by atoms with Crippen LogP contribution in [0.2, 0.25) is 0 Å². The number of aryl methyl sites for hydroxylation is 2. The van der Waals surface area contributed by atoms with Crippen LogP contribution in [0.15, 0.2) is 48.5 Å². The molecule has 8 nitrogen and oxygen atoms in total. The lowest BCUT2D eigenvalue weighted by Gasteiger charge is -2.31. The van der Waals surface area contributed by atoms with Crippen molar-refractivity contribution in [3.05, 3.63) is 75.2 Å². The average molecular weight is 478 g/mol. The molecule has 1 atom stereocenters. The Morgan fingerprint density at radius 3 is 2.56 bits per heavy atom. The molecular formula is C25H27N5O3S. The summed E-state index contributed by atoms with van der Waals surface area (Å²) < 4.78 is 0. The third-order valence-electron chi connectivity index (χ3n) is 5.74. The standard InChI is InChI=1S/C25H27N5O3S/c1-16-8-10-20(11-9-16)27-22(32)23-28-29-24(34-23)25(33)30-12-4-7-19(15-30)21(31)26-14-18-6-3-5-17(2)13-18/h3,5-6,8-11,13,19H,4,7,12,14-15H2,1-2H3,(H,26,31)(H,27,32)/t19-/m1/s1. The van der Waals surface area contributed by atoms with Crippen LogP contribution in [0.5, 0.6) is 0 Å². The zero-order valence-electron chi connectivity index (χ0n) is 19.2. The van der Waals surface area contributed by atoms with E-state index < -0.39 is 5.91 Å². The van der Waals surface area contributed by atoms with Crippen LogP contribution in [0.3, 0.4) is 0 Å². The number of carbonyl (C=O) groups is 3. The Morgan fingerprint density at radius 1 is 1.03 bits per heavy atom. The number of nitrogens with zero attached hydrogens (tertiary/aromatic N) is 3. The number of likely N-dealkylation sites (tertiary alicyclic amines) is 1. The van der Waals surface area contributed by atoms with E-state index in [9.17, 15) is 14.4 Å². The average Bonchev–Trinajstić information content (AvgIpc) is 3.34. The highest BCUT2D eigenvalue weighted by Gasteiger charge is 2.30. The molecule has 2 aromatic carbocycles. The van der Waals surface area contributed by atoms with Crippen molar-refractivity contribution < 1.29 is 14.4 Å². The van der Waals surface area contributed by atoms with Gasteiger partial charge in [-0.05, 0) is 44.4 Å². The zero-order chi connectivity index (χ0) is 24.1. The highest BCUT2D eigenvalue weighted by Crippen LogP contribution is 2.21. The van der Waals surface area contributed by atoms with E-state index in [2.05, 4.69) is 20.8 Å². The van der Waals surface area contributed by atoms with Crippen molar-refractivity contribution in [1.29, 1.82) is 0 Å². The minimum absolute atomic E-state index is 0.0607. The van der Waals surface area contributed by atoms with Crippen molar-refractivity contribution in [2.75, 3.05) is 18.4 Å². The monoisotopic (exact) mass is 477 g/mol. The summed E-state index contributed by atoms with van der Waals surface area (Å²) in [7, 11) is 0. The molecule has 1 aliphatic rings. The summed E-state index contributed by atoms with van der Waals surface area (Å²) in [5.74, 6) is -1.05. The van der Waals surface area contributed by atoms with Gasteiger partial charge in [0, 0.05) is 25.3 Å². The first-order valence-corrected chi connectivity index (χ1v) is 12.0. The van der Waals surface area contributed by atoms with Gasteiger partial charge in [0.15, 0.2) is 0 Å². The molecule has 1 aliphatic heterocycles. The lowest BCUT2D eigenvalue weighted by Crippen LogP contribution is -2.45. The maximum absolute atomic E-state index is 13.0. The molecule has 34 heavy (non-hydrogen) atoms. The predicted octanol–water partition coefficient (Wildman–Crippen LogP) is 3.58. The maximum Gasteiger partial charge on any atom is 0.286 e. The molecule has 1 fully saturated rings. The highest BCUT2D eigenvalue weighted by molar-refractivity contribution is 7.15. The van der Waals surface area contributed by atoms with E-state index in [1.54, 1.807) is 17.0 Å². The van der Waals surface area contributed by atoms with E-state index in [-0.39, 0.29) is 27.7 Å². The smallest absolute Gasteiger partial charge is 0.286 e. The topological polar surface area (TPSA) is 104 Å². The van der Waals surface area contributed by atoms with Crippen LogP contribution in [0, 0.1) is 19.8 Å². The Kier molecular flexibility index (Phi) is 7.32. The molecule has 2 N–H and O–H groups in total. The molecule has 3 amide bonds. The first-order chi connectivity index (χ1) is 16.4. The van der Waals surface area contributed by atoms with Crippen LogP contribution in [-0.2, 0) is 11.3 Å². The number of carbonyl (C=O) groups excluding carboxylic acids is 3. The van der Waals surface area contributed by atoms with Gasteiger partial charge in [0.1, 0.15) is 0 Å². The van der Waals surface area contributed by atoms with Crippen molar-refractivity contribution >= 4 is 34.7 Å². The molecule has 0 bridgehead atoms. The number of rotatable bonds is 6. The Balaban J connectivity index is 1.33. The molecule has 3 aromatic rings. The molecular weight excluding hydrogens is 450 g/mol. The number of nitrogens with one attached hydrogen (secondary N) is 2. The summed E-state index contributed by atoms with van der Waals surface area (Å²) in [6.07, 6.45) is 1.46. The molecule has 4 rings (SSSR count). The number of anilines is 1. The number of hydrogen-bond acceptors (Lipinski definition) is 6. The van der Waals surface area contributed by atoms with E-state index in [0.29, 0.717) is 25.3 Å². The minimum Gasteiger partial charge on any atom is -0.352 e. The van der Waals surface area contributed by atoms with Crippen LogP contribution < -0.4 is 10.6 Å². The van der Waals surface area contributed by atoms with Gasteiger partial charge in [-0.2, -0.15) is 0 Å². The maximum atomic E-state index is 13.0. The fourth-order valence-electron chi connectivity index (χ4n) is 3.89. The van der Waals surface area contributed by atoms with E-state index in [1.807, 2.05) is 50.2 Å². The molecule has 1 aromatic heterocycles. The molecule has 9 heteroatoms. The highest BCUT2D eigenvalue weighted by atomic mass is 32.1. The lowest BCUT2D eigenvalue weighted by molar-refractivity contribution is -0.126. The molecule has 1 saturated heterocycles. The number of benzene rings is 2. The molecule has 176 valence electrons. The Morgan fingerprint density at radius 2 is 1.79 bits per heavy atom. The van der Waals surface area contributed by atoms with Crippen molar-refractivity contribution in [3.63, 3.8) is 0 Å². The summed E-state index contributed by atoms with van der Waals surface area (Å²) in [4.78, 5) is 39.8. The van der Waals surface area contributed by atoms with Crippen molar-refractivity contribution in [1.82, 2.24) is 20.4 Å². The summed E-state index contributed by atoms with van der Waals surface area (Å²) in [5, 5.41) is 13.9. The second-order valence-electron chi connectivity index (χ2n) is 8.53. The lowest BCUT2D eigenvalue weighted by atomic mass is 9.97. The van der Waals surface area contributed by atoms with Crippen LogP contribution in [0.4, 0.5) is 5.69 Å². The first kappa shape index (κ1) is 23.6. The normalized spacial score (nSPS) is 15.6. The Hall–Kier alpha value is -3.59. The van der Waals surface area contributed by atoms with Crippen LogP contribution in [-0.4, -0.2) is 45.9 Å². The summed E-state index contributed by atoms with van der Waals surface area (Å²) in [5.41, 5.74) is 3.92. The van der Waals surface area contributed by atoms with Gasteiger partial charge >= 0.3 is 0 Å². The van der Waals surface area contributed by atoms with Gasteiger partial charge in [0.2, 0.25) is 15.9 Å². The van der Waals surface area contributed by atoms with Gasteiger partial charge in [0.05, 0.1) is 5.92 Å². The third-order valence-corrected chi connectivity index (χ3v) is 6.65. The second-order valence-corrected chi connectivity index (χ2v) is 9.51. The van der Waals surface area contributed by atoms with Crippen molar-refractivity contribution in [2.45, 2.75) is 33.2 Å². The van der Waals surface area contributed by atoms with Crippen LogP contribution in [0.1, 0.15) is 49.1 Å². The second kappa shape index (κ2) is 10.6. The fraction of sp³-hybridized carbons (Fsp3) is 0.320. The molecule has 0 aliphatic carbocycles. The first-order valence-electron chi connectivity index (χ1n) is 11.2. The SMILES string of the molecule is Cc1ccc(NC(=O)c2nnc(C(=O)N3CCC[C@@H](C(=O)NCc4cccc(C)c4)C3)s2)cc1. The number of aromatic nitrogens is 2. The third kappa shape index (κ3) is 5.85. The summed E-state index contributed by atoms with van der Waals surface area (Å²) in [6.45, 7) is 5.31. The number of piperidine rings is 1. The van der Waals surface area contributed by atoms with Gasteiger partial charge in [-0.3, -0.25) is 14.4 Å². The van der Waals surface area contributed by atoms with Crippen LogP contribution >= 0.6 is 11.3 Å². The number of hydrogen-bond donors (Lipinski definition) is 2. The zero-order valence-corrected chi connectivity index (χ0v) is 20.0. The molecule has 0 radical (unpaired) electrons. The summed E-state index contributed by atoms with van der Waals surface area (Å²) in [6, 6.07) is 15.4. The fourth-order valence-corrected chi connectivity index (χ4v) is 4.60. The van der Waals surface area contributed by atoms with Crippen molar-refractivity contribution in [2.24, 2.45) is 5.92 Å². The summed E-state index contributed by atoms with van der Waals surface area (Å²) >= 11 is 0.958. The van der Waals surface area contributed by atoms with Gasteiger partial charge in [-0.25, -0.2) is 0 Å². The largest absolute Gasteiger partial charge is 0.352 e. The van der Waals surface area contributed by atoms with Gasteiger partial charge in [-0.1, -0.05) is 58.9 Å². The molecule has 0 unspecified atom stereocenters. The van der Waals surface area contributed by atoms with Crippen LogP contribution in [0.25, 0.3) is 0 Å². The van der Waals surface area contributed by atoms with E-state index in [0.717, 1.165) is 40.9 Å². The van der Waals surface area contributed by atoms with E-state index in [4.69, 9.17) is 0 Å². The minimum atomic E-state index is -0.410. The predicted molar refractivity (Wildman–Crippen MR) is 131 cm³/mol. The number of amides is 3. The Bertz CT molecular complexity index is 1190. The van der Waals surface area contributed by atoms with Gasteiger partial charge in [-0.15, -0.1) is 10.2 Å². The van der Waals surface area contributed by atoms with Gasteiger partial charge in [0.25, 0.3) is 11.8 Å². The quantitative estimate of drug-likeness (QED) is 0.565. The van der Waals surface area contributed by atoms with Crippen molar-refractivity contribution in [3.8, 4) is 0 Å². The molecule has 0 spiro atoms. The molecule has 0 saturated carbocycles. The van der Waals surface area contributed by atoms with E-state index in [1.165, 1.54) is 0 Å².